The van der Waals surface area contributed by atoms with E-state index in [2.05, 4.69) is 17.4 Å². The minimum atomic E-state index is -0.913. The second-order valence-corrected chi connectivity index (χ2v) is 5.84. The molecule has 1 fully saturated rings. The molecule has 0 aliphatic carbocycles. The number of nitrogens with zero attached hydrogens (tertiary/aromatic N) is 1. The molecule has 0 saturated carbocycles. The smallest absolute Gasteiger partial charge is 0.317 e. The molecule has 1 spiro atoms. The van der Waals surface area contributed by atoms with Gasteiger partial charge in [0, 0.05) is 13.1 Å². The minimum absolute atomic E-state index is 0.0654. The Balaban J connectivity index is 1.67. The van der Waals surface area contributed by atoms with Crippen LogP contribution in [0.5, 0.6) is 0 Å². The molecule has 1 atom stereocenters. The Hall–Kier alpha value is -2.08. The summed E-state index contributed by atoms with van der Waals surface area (Å²) in [5.74, 6) is -0.913. The van der Waals surface area contributed by atoms with Crippen LogP contribution in [0, 0.1) is 0 Å². The lowest BCUT2D eigenvalue weighted by atomic mass is 9.85. The molecule has 2 N–H and O–H groups in total. The van der Waals surface area contributed by atoms with Gasteiger partial charge in [-0.3, -0.25) is 4.79 Å². The molecule has 2 heterocycles. The predicted octanol–water partition coefficient (Wildman–Crippen LogP) is 1.69. The summed E-state index contributed by atoms with van der Waals surface area (Å²) in [6.07, 6.45) is 1.72. The average Bonchev–Trinajstić information content (AvgIpc) is 2.86. The van der Waals surface area contributed by atoms with E-state index in [4.69, 9.17) is 9.84 Å². The van der Waals surface area contributed by atoms with Gasteiger partial charge < -0.3 is 20.1 Å². The molecule has 1 aromatic carbocycles. The molecule has 22 heavy (non-hydrogen) atoms. The molecular weight excluding hydrogens is 284 g/mol. The molecule has 1 unspecified atom stereocenters. The quantitative estimate of drug-likeness (QED) is 0.890. The fourth-order valence-electron chi connectivity index (χ4n) is 3.31. The number of benzene rings is 1. The molecule has 2 aliphatic rings. The zero-order chi connectivity index (χ0) is 15.6. The Kier molecular flexibility index (Phi) is 4.02. The van der Waals surface area contributed by atoms with E-state index in [-0.39, 0.29) is 19.0 Å². The second-order valence-electron chi connectivity index (χ2n) is 5.84. The highest BCUT2D eigenvalue weighted by Crippen LogP contribution is 2.42. The monoisotopic (exact) mass is 304 g/mol. The highest BCUT2D eigenvalue weighted by Gasteiger charge is 2.44. The van der Waals surface area contributed by atoms with Crippen molar-refractivity contribution < 1.29 is 19.4 Å². The van der Waals surface area contributed by atoms with Crippen LogP contribution in [0.1, 0.15) is 30.4 Å². The van der Waals surface area contributed by atoms with Crippen LogP contribution in [0.4, 0.5) is 4.79 Å². The number of fused-ring (bicyclic) bond motifs is 2. The number of piperidine rings is 1. The number of amides is 2. The van der Waals surface area contributed by atoms with E-state index in [0.29, 0.717) is 19.7 Å². The first-order valence-electron chi connectivity index (χ1n) is 7.58. The molecule has 1 aromatic rings. The van der Waals surface area contributed by atoms with Crippen molar-refractivity contribution in [1.29, 1.82) is 0 Å². The molecule has 2 aliphatic heterocycles. The molecular formula is C16H20N2O4. The van der Waals surface area contributed by atoms with E-state index in [0.717, 1.165) is 12.8 Å². The SMILES string of the molecule is O=C(O)CCNC(=O)N1CCCC2(C1)OCc1ccccc12. The third-order valence-electron chi connectivity index (χ3n) is 4.37. The van der Waals surface area contributed by atoms with Gasteiger partial charge in [-0.25, -0.2) is 4.79 Å². The highest BCUT2D eigenvalue weighted by molar-refractivity contribution is 5.75. The predicted molar refractivity (Wildman–Crippen MR) is 79.4 cm³/mol. The van der Waals surface area contributed by atoms with Crippen molar-refractivity contribution in [2.45, 2.75) is 31.5 Å². The van der Waals surface area contributed by atoms with Crippen molar-refractivity contribution in [2.24, 2.45) is 0 Å². The zero-order valence-electron chi connectivity index (χ0n) is 12.4. The summed E-state index contributed by atoms with van der Waals surface area (Å²) in [5, 5.41) is 11.3. The maximum Gasteiger partial charge on any atom is 0.317 e. The molecule has 3 rings (SSSR count). The molecule has 118 valence electrons. The van der Waals surface area contributed by atoms with Gasteiger partial charge in [0.2, 0.25) is 0 Å². The van der Waals surface area contributed by atoms with Crippen LogP contribution in [0.2, 0.25) is 0 Å². The number of carbonyl (C=O) groups is 2. The summed E-state index contributed by atoms with van der Waals surface area (Å²) in [6, 6.07) is 7.93. The van der Waals surface area contributed by atoms with Crippen molar-refractivity contribution in [1.82, 2.24) is 10.2 Å². The minimum Gasteiger partial charge on any atom is -0.481 e. The van der Waals surface area contributed by atoms with E-state index in [1.807, 2.05) is 12.1 Å². The van der Waals surface area contributed by atoms with Crippen LogP contribution in [0.3, 0.4) is 0 Å². The molecule has 6 nitrogen and oxygen atoms in total. The molecule has 1 saturated heterocycles. The summed E-state index contributed by atoms with van der Waals surface area (Å²) in [5.41, 5.74) is 1.97. The second kappa shape index (κ2) is 5.96. The number of urea groups is 1. The van der Waals surface area contributed by atoms with Crippen LogP contribution >= 0.6 is 0 Å². The first-order valence-corrected chi connectivity index (χ1v) is 7.58. The van der Waals surface area contributed by atoms with Gasteiger partial charge in [0.05, 0.1) is 19.6 Å². The number of hydrogen-bond acceptors (Lipinski definition) is 3. The number of hydrogen-bond donors (Lipinski definition) is 2. The van der Waals surface area contributed by atoms with Gasteiger partial charge >= 0.3 is 12.0 Å². The Labute approximate surface area is 129 Å². The topological polar surface area (TPSA) is 78.9 Å². The van der Waals surface area contributed by atoms with E-state index in [1.165, 1.54) is 11.1 Å². The first-order chi connectivity index (χ1) is 10.6. The number of carboxylic acids is 1. The number of aliphatic carboxylic acids is 1. The van der Waals surface area contributed by atoms with Crippen molar-refractivity contribution in [3.63, 3.8) is 0 Å². The summed E-state index contributed by atoms with van der Waals surface area (Å²) in [7, 11) is 0. The van der Waals surface area contributed by atoms with E-state index >= 15 is 0 Å². The summed E-state index contributed by atoms with van der Waals surface area (Å²) in [6.45, 7) is 1.93. The lowest BCUT2D eigenvalue weighted by Gasteiger charge is -2.40. The number of likely N-dealkylation sites (tertiary alicyclic amines) is 1. The van der Waals surface area contributed by atoms with Gasteiger partial charge in [-0.15, -0.1) is 0 Å². The molecule has 0 aromatic heterocycles. The number of rotatable bonds is 3. The summed E-state index contributed by atoms with van der Waals surface area (Å²) in [4.78, 5) is 24.4. The third-order valence-corrected chi connectivity index (χ3v) is 4.37. The van der Waals surface area contributed by atoms with E-state index in [1.54, 1.807) is 4.90 Å². The van der Waals surface area contributed by atoms with Gasteiger partial charge in [0.25, 0.3) is 0 Å². The van der Waals surface area contributed by atoms with Crippen LogP contribution in [0.15, 0.2) is 24.3 Å². The van der Waals surface area contributed by atoms with Crippen LogP contribution in [0.25, 0.3) is 0 Å². The van der Waals surface area contributed by atoms with Crippen molar-refractivity contribution in [2.75, 3.05) is 19.6 Å². The van der Waals surface area contributed by atoms with Gasteiger partial charge in [-0.1, -0.05) is 24.3 Å². The van der Waals surface area contributed by atoms with Crippen molar-refractivity contribution in [3.05, 3.63) is 35.4 Å². The van der Waals surface area contributed by atoms with Gasteiger partial charge in [0.15, 0.2) is 0 Å². The normalized spacial score (nSPS) is 23.4. The van der Waals surface area contributed by atoms with E-state index in [9.17, 15) is 9.59 Å². The van der Waals surface area contributed by atoms with Gasteiger partial charge in [-0.2, -0.15) is 0 Å². The fourth-order valence-corrected chi connectivity index (χ4v) is 3.31. The van der Waals surface area contributed by atoms with Crippen LogP contribution < -0.4 is 5.32 Å². The van der Waals surface area contributed by atoms with Crippen LogP contribution in [-0.2, 0) is 21.7 Å². The van der Waals surface area contributed by atoms with Crippen molar-refractivity contribution >= 4 is 12.0 Å². The Morgan fingerprint density at radius 3 is 3.00 bits per heavy atom. The van der Waals surface area contributed by atoms with Crippen LogP contribution in [-0.4, -0.2) is 41.6 Å². The zero-order valence-corrected chi connectivity index (χ0v) is 12.4. The Morgan fingerprint density at radius 1 is 1.36 bits per heavy atom. The molecule has 0 radical (unpaired) electrons. The van der Waals surface area contributed by atoms with E-state index < -0.39 is 11.6 Å². The molecule has 6 heteroatoms. The molecule has 2 amide bonds. The van der Waals surface area contributed by atoms with Gasteiger partial charge in [-0.05, 0) is 24.0 Å². The first kappa shape index (κ1) is 14.8. The Morgan fingerprint density at radius 2 is 2.18 bits per heavy atom. The highest BCUT2D eigenvalue weighted by atomic mass is 16.5. The maximum absolute atomic E-state index is 12.2. The number of carbonyl (C=O) groups excluding carboxylic acids is 1. The lowest BCUT2D eigenvalue weighted by Crippen LogP contribution is -2.51. The van der Waals surface area contributed by atoms with Gasteiger partial charge in [0.1, 0.15) is 5.60 Å². The van der Waals surface area contributed by atoms with Crippen molar-refractivity contribution in [3.8, 4) is 0 Å². The fraction of sp³-hybridized carbons (Fsp3) is 0.500. The standard InChI is InChI=1S/C16H20N2O4/c19-14(20)6-8-17-15(21)18-9-3-7-16(11-18)13-5-2-1-4-12(13)10-22-16/h1-2,4-5H,3,6-11H2,(H,17,21)(H,19,20). The summed E-state index contributed by atoms with van der Waals surface area (Å²) < 4.78 is 6.06. The molecule has 0 bridgehead atoms. The summed E-state index contributed by atoms with van der Waals surface area (Å²) >= 11 is 0. The number of ether oxygens (including phenoxy) is 1. The average molecular weight is 304 g/mol. The third kappa shape index (κ3) is 2.78. The largest absolute Gasteiger partial charge is 0.481 e. The number of nitrogens with one attached hydrogen (secondary N) is 1. The number of carboxylic acid groups (broad SMARTS) is 1. The Bertz CT molecular complexity index is 585. The maximum atomic E-state index is 12.2. The lowest BCUT2D eigenvalue weighted by molar-refractivity contribution is -0.136.